The Morgan fingerprint density at radius 3 is 2.68 bits per heavy atom. The van der Waals surface area contributed by atoms with Gasteiger partial charge in [0, 0.05) is 32.8 Å². The van der Waals surface area contributed by atoms with Crippen LogP contribution in [0.1, 0.15) is 49.6 Å². The molecule has 8 heteroatoms. The first kappa shape index (κ1) is 18.4. The Bertz CT molecular complexity index is 692. The second kappa shape index (κ2) is 7.88. The molecule has 1 aromatic rings. The smallest absolute Gasteiger partial charge is 0.289 e. The summed E-state index contributed by atoms with van der Waals surface area (Å²) in [5, 5.41) is -0.142. The average molecular weight is 370 g/mol. The fourth-order valence-corrected chi connectivity index (χ4v) is 4.88. The number of nitrogens with zero attached hydrogens (tertiary/aromatic N) is 2. The quantitative estimate of drug-likeness (QED) is 0.793. The van der Waals surface area contributed by atoms with Gasteiger partial charge in [0.15, 0.2) is 5.76 Å². The Hall–Kier alpha value is -1.38. The summed E-state index contributed by atoms with van der Waals surface area (Å²) in [6.45, 7) is 4.72. The van der Waals surface area contributed by atoms with Crippen LogP contribution >= 0.6 is 0 Å². The number of amides is 1. The normalized spacial score (nSPS) is 22.9. The van der Waals surface area contributed by atoms with Crippen molar-refractivity contribution >= 4 is 15.9 Å². The molecule has 0 bridgehead atoms. The summed E-state index contributed by atoms with van der Waals surface area (Å²) in [7, 11) is -3.65. The van der Waals surface area contributed by atoms with Crippen molar-refractivity contribution in [3.05, 3.63) is 17.9 Å². The first-order valence-corrected chi connectivity index (χ1v) is 10.5. The fraction of sp³-hybridized carbons (Fsp3) is 0.706. The van der Waals surface area contributed by atoms with Gasteiger partial charge in [0.1, 0.15) is 0 Å². The molecular weight excluding hydrogens is 344 g/mol. The molecule has 0 aromatic carbocycles. The van der Waals surface area contributed by atoms with Crippen LogP contribution in [0.5, 0.6) is 0 Å². The number of furan rings is 1. The Morgan fingerprint density at radius 2 is 1.96 bits per heavy atom. The SMILES string of the molecule is CCOC1CCCN(C(=O)c2ccc(S(=O)(=O)N3CCCCC3)o2)C1. The van der Waals surface area contributed by atoms with Crippen molar-refractivity contribution in [2.75, 3.05) is 32.8 Å². The van der Waals surface area contributed by atoms with Crippen molar-refractivity contribution in [2.45, 2.75) is 50.2 Å². The monoisotopic (exact) mass is 370 g/mol. The van der Waals surface area contributed by atoms with Crippen molar-refractivity contribution in [3.63, 3.8) is 0 Å². The summed E-state index contributed by atoms with van der Waals surface area (Å²) in [4.78, 5) is 14.3. The molecular formula is C17H26N2O5S. The van der Waals surface area contributed by atoms with Crippen LogP contribution in [0.4, 0.5) is 0 Å². The summed E-state index contributed by atoms with van der Waals surface area (Å²) in [6, 6.07) is 2.85. The first-order valence-electron chi connectivity index (χ1n) is 9.03. The third kappa shape index (κ3) is 4.07. The van der Waals surface area contributed by atoms with Crippen LogP contribution in [0.3, 0.4) is 0 Å². The average Bonchev–Trinajstić information content (AvgIpc) is 3.13. The Balaban J connectivity index is 1.71. The lowest BCUT2D eigenvalue weighted by molar-refractivity contribution is 0.00599. The van der Waals surface area contributed by atoms with Gasteiger partial charge in [0.05, 0.1) is 6.10 Å². The molecule has 7 nitrogen and oxygen atoms in total. The molecule has 3 rings (SSSR count). The van der Waals surface area contributed by atoms with Gasteiger partial charge in [-0.25, -0.2) is 8.42 Å². The molecule has 2 aliphatic rings. The predicted molar refractivity (Wildman–Crippen MR) is 91.9 cm³/mol. The second-order valence-corrected chi connectivity index (χ2v) is 8.42. The third-order valence-corrected chi connectivity index (χ3v) is 6.54. The van der Waals surface area contributed by atoms with Crippen molar-refractivity contribution < 1.29 is 22.4 Å². The molecule has 1 atom stereocenters. The lowest BCUT2D eigenvalue weighted by atomic mass is 10.1. The molecule has 25 heavy (non-hydrogen) atoms. The van der Waals surface area contributed by atoms with Crippen LogP contribution in [0, 0.1) is 0 Å². The molecule has 0 saturated carbocycles. The number of rotatable bonds is 5. The second-order valence-electron chi connectivity index (χ2n) is 6.55. The minimum atomic E-state index is -3.65. The van der Waals surface area contributed by atoms with Gasteiger partial charge < -0.3 is 14.1 Å². The van der Waals surface area contributed by atoms with E-state index in [1.807, 2.05) is 6.92 Å². The zero-order valence-corrected chi connectivity index (χ0v) is 15.5. The highest BCUT2D eigenvalue weighted by Crippen LogP contribution is 2.24. The number of likely N-dealkylation sites (tertiary alicyclic amines) is 1. The van der Waals surface area contributed by atoms with E-state index in [0.717, 1.165) is 32.1 Å². The number of piperidine rings is 2. The molecule has 0 N–H and O–H groups in total. The summed E-state index contributed by atoms with van der Waals surface area (Å²) < 4.78 is 37.7. The molecule has 0 spiro atoms. The van der Waals surface area contributed by atoms with Crippen LogP contribution in [-0.2, 0) is 14.8 Å². The summed E-state index contributed by atoms with van der Waals surface area (Å²) >= 11 is 0. The van der Waals surface area contributed by atoms with Crippen molar-refractivity contribution in [1.29, 1.82) is 0 Å². The van der Waals surface area contributed by atoms with Gasteiger partial charge in [-0.05, 0) is 44.7 Å². The third-order valence-electron chi connectivity index (χ3n) is 4.77. The van der Waals surface area contributed by atoms with Gasteiger partial charge in [-0.3, -0.25) is 4.79 Å². The maximum atomic E-state index is 12.6. The van der Waals surface area contributed by atoms with Crippen LogP contribution in [0.2, 0.25) is 0 Å². The topological polar surface area (TPSA) is 80.1 Å². The number of carbonyl (C=O) groups is 1. The molecule has 2 aliphatic heterocycles. The molecule has 1 unspecified atom stereocenters. The van der Waals surface area contributed by atoms with Crippen LogP contribution in [0.15, 0.2) is 21.6 Å². The molecule has 1 amide bonds. The van der Waals surface area contributed by atoms with E-state index in [4.69, 9.17) is 9.15 Å². The van der Waals surface area contributed by atoms with E-state index < -0.39 is 10.0 Å². The van der Waals surface area contributed by atoms with Crippen LogP contribution < -0.4 is 0 Å². The van der Waals surface area contributed by atoms with Crippen molar-refractivity contribution in [2.24, 2.45) is 0 Å². The summed E-state index contributed by atoms with van der Waals surface area (Å²) in [6.07, 6.45) is 4.61. The lowest BCUT2D eigenvalue weighted by Crippen LogP contribution is -2.43. The molecule has 0 radical (unpaired) electrons. The number of hydrogen-bond acceptors (Lipinski definition) is 5. The Labute approximate surface area is 149 Å². The summed E-state index contributed by atoms with van der Waals surface area (Å²) in [5.41, 5.74) is 0. The highest BCUT2D eigenvalue weighted by atomic mass is 32.2. The molecule has 2 fully saturated rings. The van der Waals surface area contributed by atoms with Crippen molar-refractivity contribution in [3.8, 4) is 0 Å². The van der Waals surface area contributed by atoms with E-state index in [1.54, 1.807) is 4.90 Å². The number of carbonyl (C=O) groups excluding carboxylic acids is 1. The fourth-order valence-electron chi connectivity index (χ4n) is 3.46. The maximum absolute atomic E-state index is 12.6. The van der Waals surface area contributed by atoms with Gasteiger partial charge in [-0.1, -0.05) is 6.42 Å². The zero-order valence-electron chi connectivity index (χ0n) is 14.6. The number of ether oxygens (including phenoxy) is 1. The summed E-state index contributed by atoms with van der Waals surface area (Å²) in [5.74, 6) is -0.197. The number of hydrogen-bond donors (Lipinski definition) is 0. The van der Waals surface area contributed by atoms with E-state index in [9.17, 15) is 13.2 Å². The highest BCUT2D eigenvalue weighted by Gasteiger charge is 2.31. The van der Waals surface area contributed by atoms with Gasteiger partial charge in [0.25, 0.3) is 15.9 Å². The van der Waals surface area contributed by atoms with Gasteiger partial charge >= 0.3 is 0 Å². The van der Waals surface area contributed by atoms with Gasteiger partial charge in [-0.15, -0.1) is 0 Å². The largest absolute Gasteiger partial charge is 0.438 e. The zero-order chi connectivity index (χ0) is 17.9. The lowest BCUT2D eigenvalue weighted by Gasteiger charge is -2.31. The van der Waals surface area contributed by atoms with Gasteiger partial charge in [0.2, 0.25) is 5.09 Å². The van der Waals surface area contributed by atoms with Crippen LogP contribution in [0.25, 0.3) is 0 Å². The maximum Gasteiger partial charge on any atom is 0.289 e. The molecule has 3 heterocycles. The first-order chi connectivity index (χ1) is 12.0. The van der Waals surface area contributed by atoms with E-state index in [0.29, 0.717) is 32.8 Å². The van der Waals surface area contributed by atoms with E-state index in [2.05, 4.69) is 0 Å². The number of sulfonamides is 1. The molecule has 140 valence electrons. The van der Waals surface area contributed by atoms with E-state index in [-0.39, 0.29) is 22.9 Å². The standard InChI is InChI=1S/C17H26N2O5S/c1-2-23-14-7-6-10-18(13-14)17(20)15-8-9-16(24-15)25(21,22)19-11-4-3-5-12-19/h8-9,14H,2-7,10-13H2,1H3. The predicted octanol–water partition coefficient (Wildman–Crippen LogP) is 2.10. The van der Waals surface area contributed by atoms with Crippen molar-refractivity contribution in [1.82, 2.24) is 9.21 Å². The minimum Gasteiger partial charge on any atom is -0.438 e. The van der Waals surface area contributed by atoms with Crippen LogP contribution in [-0.4, -0.2) is 62.4 Å². The Morgan fingerprint density at radius 1 is 1.20 bits per heavy atom. The molecule has 0 aliphatic carbocycles. The molecule has 2 saturated heterocycles. The molecule has 1 aromatic heterocycles. The Kier molecular flexibility index (Phi) is 5.81. The van der Waals surface area contributed by atoms with E-state index >= 15 is 0 Å². The van der Waals surface area contributed by atoms with E-state index in [1.165, 1.54) is 16.4 Å². The van der Waals surface area contributed by atoms with Gasteiger partial charge in [-0.2, -0.15) is 4.31 Å². The highest BCUT2D eigenvalue weighted by molar-refractivity contribution is 7.89. The minimum absolute atomic E-state index is 0.0363.